The molecule has 0 saturated carbocycles. The maximum atomic E-state index is 12.5. The molecule has 0 bridgehead atoms. The van der Waals surface area contributed by atoms with Crippen LogP contribution < -0.4 is 9.64 Å². The van der Waals surface area contributed by atoms with Crippen LogP contribution in [0.5, 0.6) is 5.75 Å². The van der Waals surface area contributed by atoms with E-state index in [1.54, 1.807) is 0 Å². The number of halogens is 3. The van der Waals surface area contributed by atoms with Crippen LogP contribution >= 0.6 is 11.8 Å². The van der Waals surface area contributed by atoms with Crippen LogP contribution in [0.3, 0.4) is 0 Å². The van der Waals surface area contributed by atoms with Gasteiger partial charge in [0.25, 0.3) is 5.91 Å². The van der Waals surface area contributed by atoms with E-state index in [2.05, 4.69) is 4.74 Å². The average Bonchev–Trinajstić information content (AvgIpc) is 2.84. The zero-order valence-corrected chi connectivity index (χ0v) is 13.8. The number of rotatable bonds is 3. The number of amides is 2. The van der Waals surface area contributed by atoms with Crippen molar-refractivity contribution >= 4 is 29.3 Å². The van der Waals surface area contributed by atoms with E-state index in [1.807, 2.05) is 13.8 Å². The van der Waals surface area contributed by atoms with E-state index >= 15 is 0 Å². The topological polar surface area (TPSA) is 49.9 Å². The molecule has 2 aliphatic heterocycles. The van der Waals surface area contributed by atoms with Gasteiger partial charge in [-0.1, -0.05) is 6.07 Å². The number of thioether (sulfide) groups is 1. The van der Waals surface area contributed by atoms with Gasteiger partial charge in [0.1, 0.15) is 5.75 Å². The molecule has 2 aliphatic rings. The van der Waals surface area contributed by atoms with Gasteiger partial charge in [0.05, 0.1) is 11.3 Å². The maximum absolute atomic E-state index is 12.5. The van der Waals surface area contributed by atoms with Crippen molar-refractivity contribution in [1.29, 1.82) is 0 Å². The molecule has 0 aliphatic carbocycles. The summed E-state index contributed by atoms with van der Waals surface area (Å²) in [5.41, 5.74) is -0.154. The Morgan fingerprint density at radius 2 is 2.00 bits per heavy atom. The van der Waals surface area contributed by atoms with E-state index in [4.69, 9.17) is 0 Å². The molecule has 1 aromatic rings. The summed E-state index contributed by atoms with van der Waals surface area (Å²) in [4.78, 5) is 27.5. The van der Waals surface area contributed by atoms with Crippen molar-refractivity contribution < 1.29 is 27.5 Å². The maximum Gasteiger partial charge on any atom is 0.573 e. The van der Waals surface area contributed by atoms with Crippen molar-refractivity contribution in [1.82, 2.24) is 4.90 Å². The van der Waals surface area contributed by atoms with Crippen molar-refractivity contribution in [2.45, 2.75) is 25.6 Å². The molecule has 0 aromatic heterocycles. The second kappa shape index (κ2) is 5.58. The van der Waals surface area contributed by atoms with Crippen molar-refractivity contribution in [2.75, 3.05) is 17.3 Å². The Kier molecular flexibility index (Phi) is 3.94. The highest BCUT2D eigenvalue weighted by molar-refractivity contribution is 8.01. The van der Waals surface area contributed by atoms with Gasteiger partial charge in [-0.25, -0.2) is 0 Å². The fraction of sp³-hybridized carbons (Fsp3) is 0.467. The van der Waals surface area contributed by atoms with Gasteiger partial charge in [-0.05, 0) is 26.0 Å². The van der Waals surface area contributed by atoms with Crippen molar-refractivity contribution in [3.8, 4) is 5.75 Å². The molecule has 2 heterocycles. The molecule has 3 rings (SSSR count). The summed E-state index contributed by atoms with van der Waals surface area (Å²) in [7, 11) is 0. The van der Waals surface area contributed by atoms with Crippen LogP contribution in [-0.2, 0) is 9.59 Å². The zero-order valence-electron chi connectivity index (χ0n) is 13.0. The van der Waals surface area contributed by atoms with Crippen LogP contribution in [0, 0.1) is 5.41 Å². The van der Waals surface area contributed by atoms with Gasteiger partial charge < -0.3 is 9.64 Å². The quantitative estimate of drug-likeness (QED) is 0.778. The van der Waals surface area contributed by atoms with Gasteiger partial charge in [-0.15, -0.1) is 24.9 Å². The van der Waals surface area contributed by atoms with Crippen LogP contribution in [0.2, 0.25) is 0 Å². The van der Waals surface area contributed by atoms with Gasteiger partial charge in [0.15, 0.2) is 5.37 Å². The third-order valence-electron chi connectivity index (χ3n) is 3.89. The summed E-state index contributed by atoms with van der Waals surface area (Å²) in [5, 5.41) is -0.627. The largest absolute Gasteiger partial charge is 0.573 e. The molecule has 1 atom stereocenters. The van der Waals surface area contributed by atoms with Crippen molar-refractivity contribution in [3.05, 3.63) is 24.3 Å². The first-order valence-corrected chi connectivity index (χ1v) is 8.23. The number of β-lactam (4-membered cyclic amide) rings is 1. The summed E-state index contributed by atoms with van der Waals surface area (Å²) in [6.45, 7) is 4.11. The normalized spacial score (nSPS) is 23.5. The van der Waals surface area contributed by atoms with E-state index < -0.39 is 17.2 Å². The summed E-state index contributed by atoms with van der Waals surface area (Å²) < 4.78 is 40.8. The van der Waals surface area contributed by atoms with Crippen LogP contribution in [0.1, 0.15) is 13.8 Å². The second-order valence-corrected chi connectivity index (χ2v) is 7.31. The SMILES string of the molecule is CC1(C)CN(C2SCN(c3cccc(OC(F)(F)F)c3)C2=O)C1=O. The van der Waals surface area contributed by atoms with E-state index in [9.17, 15) is 22.8 Å². The van der Waals surface area contributed by atoms with Crippen LogP contribution in [0.15, 0.2) is 24.3 Å². The molecule has 1 unspecified atom stereocenters. The lowest BCUT2D eigenvalue weighted by atomic mass is 9.83. The fourth-order valence-electron chi connectivity index (χ4n) is 2.74. The van der Waals surface area contributed by atoms with E-state index in [0.29, 0.717) is 12.2 Å². The van der Waals surface area contributed by atoms with Crippen LogP contribution in [0.4, 0.5) is 18.9 Å². The average molecular weight is 360 g/mol. The molecule has 2 amide bonds. The number of hydrogen-bond donors (Lipinski definition) is 0. The molecule has 130 valence electrons. The minimum Gasteiger partial charge on any atom is -0.406 e. The molecular weight excluding hydrogens is 345 g/mol. The Morgan fingerprint density at radius 1 is 1.29 bits per heavy atom. The second-order valence-electron chi connectivity index (χ2n) is 6.28. The standard InChI is InChI=1S/C15H15F3N2O3S/c1-14(2)7-19(13(14)22)12-11(21)20(8-24-12)9-4-3-5-10(6-9)23-15(16,17)18/h3-6,12H,7-8H2,1-2H3. The molecule has 0 spiro atoms. The van der Waals surface area contributed by atoms with E-state index in [0.717, 1.165) is 6.07 Å². The molecule has 9 heteroatoms. The number of hydrogen-bond acceptors (Lipinski definition) is 4. The number of alkyl halides is 3. The molecule has 2 saturated heterocycles. The third kappa shape index (κ3) is 3.04. The first kappa shape index (κ1) is 16.9. The highest BCUT2D eigenvalue weighted by Gasteiger charge is 2.52. The number of ether oxygens (including phenoxy) is 1. The van der Waals surface area contributed by atoms with E-state index in [-0.39, 0.29) is 23.4 Å². The molecule has 0 radical (unpaired) electrons. The number of carbonyl (C=O) groups is 2. The van der Waals surface area contributed by atoms with Gasteiger partial charge in [0, 0.05) is 18.3 Å². The minimum absolute atomic E-state index is 0.0932. The first-order valence-electron chi connectivity index (χ1n) is 7.18. The van der Waals surface area contributed by atoms with Gasteiger partial charge in [-0.2, -0.15) is 0 Å². The van der Waals surface area contributed by atoms with Crippen LogP contribution in [-0.4, -0.2) is 40.9 Å². The van der Waals surface area contributed by atoms with Crippen molar-refractivity contribution in [3.63, 3.8) is 0 Å². The smallest absolute Gasteiger partial charge is 0.406 e. The minimum atomic E-state index is -4.79. The monoisotopic (exact) mass is 360 g/mol. The summed E-state index contributed by atoms with van der Waals surface area (Å²) >= 11 is 1.28. The number of likely N-dealkylation sites (tertiary alicyclic amines) is 1. The molecule has 5 nitrogen and oxygen atoms in total. The third-order valence-corrected chi connectivity index (χ3v) is 5.07. The predicted octanol–water partition coefficient (Wildman–Crippen LogP) is 2.82. The zero-order chi connectivity index (χ0) is 17.7. The molecule has 2 fully saturated rings. The van der Waals surface area contributed by atoms with Crippen molar-refractivity contribution in [2.24, 2.45) is 5.41 Å². The highest BCUT2D eigenvalue weighted by Crippen LogP contribution is 2.40. The van der Waals surface area contributed by atoms with Gasteiger partial charge >= 0.3 is 6.36 Å². The Labute approximate surface area is 140 Å². The van der Waals surface area contributed by atoms with Gasteiger partial charge in [-0.3, -0.25) is 14.5 Å². The predicted molar refractivity (Wildman–Crippen MR) is 82.4 cm³/mol. The summed E-state index contributed by atoms with van der Waals surface area (Å²) in [6, 6.07) is 5.26. The number of nitrogens with zero attached hydrogens (tertiary/aromatic N) is 2. The Balaban J connectivity index is 1.74. The molecule has 24 heavy (non-hydrogen) atoms. The summed E-state index contributed by atoms with van der Waals surface area (Å²) in [5.74, 6) is -0.525. The number of benzene rings is 1. The molecule has 1 aromatic carbocycles. The number of carbonyl (C=O) groups excluding carboxylic acids is 2. The lowest BCUT2D eigenvalue weighted by molar-refractivity contribution is -0.274. The number of anilines is 1. The van der Waals surface area contributed by atoms with Gasteiger partial charge in [0.2, 0.25) is 5.91 Å². The summed E-state index contributed by atoms with van der Waals surface area (Å²) in [6.07, 6.45) is -4.79. The molecule has 0 N–H and O–H groups in total. The van der Waals surface area contributed by atoms with E-state index in [1.165, 1.54) is 39.8 Å². The first-order chi connectivity index (χ1) is 11.1. The molecular formula is C15H15F3N2O3S. The Bertz CT molecular complexity index is 693. The highest BCUT2D eigenvalue weighted by atomic mass is 32.2. The lowest BCUT2D eigenvalue weighted by Crippen LogP contribution is -2.62. The lowest BCUT2D eigenvalue weighted by Gasteiger charge is -2.46. The fourth-order valence-corrected chi connectivity index (χ4v) is 3.93. The Hall–Kier alpha value is -1.90. The Morgan fingerprint density at radius 3 is 2.58 bits per heavy atom. The van der Waals surface area contributed by atoms with Crippen LogP contribution in [0.25, 0.3) is 0 Å².